The molecule has 0 spiro atoms. The summed E-state index contributed by atoms with van der Waals surface area (Å²) in [5.41, 5.74) is 6.19. The summed E-state index contributed by atoms with van der Waals surface area (Å²) in [6.07, 6.45) is 0.871. The third kappa shape index (κ3) is 3.57. The maximum Gasteiger partial charge on any atom is 0.184 e. The normalized spacial score (nSPS) is 11.0. The number of nitrogens with zero attached hydrogens (tertiary/aromatic N) is 2. The molecule has 1 rings (SSSR count). The van der Waals surface area contributed by atoms with E-state index in [0.717, 1.165) is 19.0 Å². The van der Waals surface area contributed by atoms with E-state index in [1.165, 1.54) is 6.07 Å². The lowest BCUT2D eigenvalue weighted by Gasteiger charge is -2.25. The van der Waals surface area contributed by atoms with Crippen molar-refractivity contribution in [3.8, 4) is 0 Å². The van der Waals surface area contributed by atoms with Gasteiger partial charge >= 0.3 is 0 Å². The van der Waals surface area contributed by atoms with Crippen molar-refractivity contribution in [1.82, 2.24) is 4.90 Å². The van der Waals surface area contributed by atoms with Crippen molar-refractivity contribution in [2.75, 3.05) is 44.4 Å². The van der Waals surface area contributed by atoms with Crippen LogP contribution >= 0.6 is 0 Å². The van der Waals surface area contributed by atoms with Crippen LogP contribution in [0.2, 0.25) is 0 Å². The molecule has 5 heteroatoms. The number of nitrogens with two attached hydrogens (primary N) is 1. The maximum absolute atomic E-state index is 13.8. The first-order valence-electron chi connectivity index (χ1n) is 6.10. The summed E-state index contributed by atoms with van der Waals surface area (Å²) in [4.78, 5) is 3.83. The van der Waals surface area contributed by atoms with E-state index in [1.807, 2.05) is 21.0 Å². The molecule has 0 saturated carbocycles. The first kappa shape index (κ1) is 14.7. The second-order valence-electron chi connectivity index (χ2n) is 4.54. The van der Waals surface area contributed by atoms with Crippen LogP contribution in [0.15, 0.2) is 12.1 Å². The van der Waals surface area contributed by atoms with Gasteiger partial charge < -0.3 is 15.5 Å². The maximum atomic E-state index is 13.8. The molecule has 0 heterocycles. The van der Waals surface area contributed by atoms with E-state index in [2.05, 4.69) is 4.90 Å². The highest BCUT2D eigenvalue weighted by atomic mass is 19.2. The minimum Gasteiger partial charge on any atom is -0.397 e. The van der Waals surface area contributed by atoms with E-state index >= 15 is 0 Å². The molecule has 3 nitrogen and oxygen atoms in total. The van der Waals surface area contributed by atoms with Crippen LogP contribution in [-0.4, -0.2) is 38.6 Å². The average molecular weight is 257 g/mol. The molecular weight excluding hydrogens is 236 g/mol. The molecule has 0 amide bonds. The summed E-state index contributed by atoms with van der Waals surface area (Å²) < 4.78 is 27.0. The van der Waals surface area contributed by atoms with Gasteiger partial charge in [0.25, 0.3) is 0 Å². The van der Waals surface area contributed by atoms with Crippen molar-refractivity contribution in [2.24, 2.45) is 0 Å². The first-order chi connectivity index (χ1) is 8.47. The minimum absolute atomic E-state index is 0.177. The molecule has 0 aliphatic heterocycles. The zero-order chi connectivity index (χ0) is 13.7. The number of hydrogen-bond acceptors (Lipinski definition) is 3. The van der Waals surface area contributed by atoms with Gasteiger partial charge in [-0.05, 0) is 46.1 Å². The van der Waals surface area contributed by atoms with Gasteiger partial charge in [0.05, 0.1) is 11.4 Å². The summed E-state index contributed by atoms with van der Waals surface area (Å²) in [5, 5.41) is 0. The lowest BCUT2D eigenvalue weighted by atomic mass is 10.2. The van der Waals surface area contributed by atoms with E-state index in [-0.39, 0.29) is 11.4 Å². The summed E-state index contributed by atoms with van der Waals surface area (Å²) >= 11 is 0. The molecule has 0 unspecified atom stereocenters. The number of anilines is 2. The molecule has 1 aromatic rings. The van der Waals surface area contributed by atoms with Crippen LogP contribution in [0.5, 0.6) is 0 Å². The molecule has 0 radical (unpaired) electrons. The Kier molecular flexibility index (Phi) is 5.34. The van der Waals surface area contributed by atoms with E-state index in [4.69, 9.17) is 5.73 Å². The first-order valence-corrected chi connectivity index (χ1v) is 6.10. The Labute approximate surface area is 107 Å². The van der Waals surface area contributed by atoms with Crippen LogP contribution in [0.25, 0.3) is 0 Å². The summed E-state index contributed by atoms with van der Waals surface area (Å²) in [6, 6.07) is 2.46. The van der Waals surface area contributed by atoms with E-state index in [1.54, 1.807) is 4.90 Å². The molecule has 0 atom stereocenters. The average Bonchev–Trinajstić information content (AvgIpc) is 2.32. The molecule has 1 aromatic carbocycles. The highest BCUT2D eigenvalue weighted by Crippen LogP contribution is 2.28. The van der Waals surface area contributed by atoms with Crippen LogP contribution < -0.4 is 10.6 Å². The van der Waals surface area contributed by atoms with E-state index in [9.17, 15) is 8.78 Å². The van der Waals surface area contributed by atoms with Crippen LogP contribution in [0.1, 0.15) is 13.3 Å². The Hall–Kier alpha value is -1.36. The predicted molar refractivity (Wildman–Crippen MR) is 71.8 cm³/mol. The fraction of sp³-hybridized carbons (Fsp3) is 0.538. The molecule has 18 heavy (non-hydrogen) atoms. The number of rotatable bonds is 6. The van der Waals surface area contributed by atoms with Crippen LogP contribution in [0.4, 0.5) is 20.2 Å². The van der Waals surface area contributed by atoms with Crippen LogP contribution in [0.3, 0.4) is 0 Å². The second-order valence-corrected chi connectivity index (χ2v) is 4.54. The molecular formula is C13H21F2N3. The Morgan fingerprint density at radius 3 is 2.39 bits per heavy atom. The Morgan fingerprint density at radius 2 is 1.83 bits per heavy atom. The highest BCUT2D eigenvalue weighted by molar-refractivity contribution is 5.68. The fourth-order valence-electron chi connectivity index (χ4n) is 1.88. The van der Waals surface area contributed by atoms with Gasteiger partial charge in [-0.1, -0.05) is 0 Å². The van der Waals surface area contributed by atoms with Gasteiger partial charge in [-0.15, -0.1) is 0 Å². The van der Waals surface area contributed by atoms with Gasteiger partial charge in [0, 0.05) is 13.1 Å². The van der Waals surface area contributed by atoms with Crippen molar-refractivity contribution in [2.45, 2.75) is 13.3 Å². The summed E-state index contributed by atoms with van der Waals surface area (Å²) in [6.45, 7) is 4.05. The molecule has 0 fully saturated rings. The lowest BCUT2D eigenvalue weighted by molar-refractivity contribution is 0.400. The van der Waals surface area contributed by atoms with Gasteiger partial charge in [-0.2, -0.15) is 0 Å². The topological polar surface area (TPSA) is 32.5 Å². The SMILES string of the molecule is CCN(CCCN(C)C)c1c(N)ccc(F)c1F. The fourth-order valence-corrected chi connectivity index (χ4v) is 1.88. The zero-order valence-corrected chi connectivity index (χ0v) is 11.2. The lowest BCUT2D eigenvalue weighted by Crippen LogP contribution is -2.28. The molecule has 102 valence electrons. The Balaban J connectivity index is 2.85. The van der Waals surface area contributed by atoms with Gasteiger partial charge in [-0.3, -0.25) is 0 Å². The highest BCUT2D eigenvalue weighted by Gasteiger charge is 2.17. The molecule has 0 saturated heterocycles. The third-order valence-corrected chi connectivity index (χ3v) is 2.83. The predicted octanol–water partition coefficient (Wildman–Crippen LogP) is 2.33. The zero-order valence-electron chi connectivity index (χ0n) is 11.2. The van der Waals surface area contributed by atoms with Gasteiger partial charge in [-0.25, -0.2) is 8.78 Å². The monoisotopic (exact) mass is 257 g/mol. The van der Waals surface area contributed by atoms with Crippen molar-refractivity contribution in [1.29, 1.82) is 0 Å². The number of hydrogen-bond donors (Lipinski definition) is 1. The van der Waals surface area contributed by atoms with Gasteiger partial charge in [0.2, 0.25) is 0 Å². The van der Waals surface area contributed by atoms with Crippen LogP contribution in [-0.2, 0) is 0 Å². The Morgan fingerprint density at radius 1 is 1.17 bits per heavy atom. The van der Waals surface area contributed by atoms with Crippen molar-refractivity contribution < 1.29 is 8.78 Å². The quantitative estimate of drug-likeness (QED) is 0.794. The largest absolute Gasteiger partial charge is 0.397 e. The molecule has 0 aromatic heterocycles. The Bertz CT molecular complexity index is 394. The van der Waals surface area contributed by atoms with E-state index < -0.39 is 11.6 Å². The smallest absolute Gasteiger partial charge is 0.184 e. The standard InChI is InChI=1S/C13H21F2N3/c1-4-18(9-5-8-17(2)3)13-11(16)7-6-10(14)12(13)15/h6-7H,4-5,8-9,16H2,1-3H3. The number of nitrogen functional groups attached to an aromatic ring is 1. The molecule has 0 aliphatic rings. The second kappa shape index (κ2) is 6.54. The third-order valence-electron chi connectivity index (χ3n) is 2.83. The van der Waals surface area contributed by atoms with Crippen molar-refractivity contribution in [3.63, 3.8) is 0 Å². The van der Waals surface area contributed by atoms with Crippen LogP contribution in [0, 0.1) is 11.6 Å². The van der Waals surface area contributed by atoms with Gasteiger partial charge in [0.1, 0.15) is 0 Å². The minimum atomic E-state index is -0.860. The van der Waals surface area contributed by atoms with Gasteiger partial charge in [0.15, 0.2) is 11.6 Å². The molecule has 0 aliphatic carbocycles. The van der Waals surface area contributed by atoms with Crippen molar-refractivity contribution in [3.05, 3.63) is 23.8 Å². The summed E-state index contributed by atoms with van der Waals surface area (Å²) in [7, 11) is 3.96. The molecule has 2 N–H and O–H groups in total. The van der Waals surface area contributed by atoms with Crippen molar-refractivity contribution >= 4 is 11.4 Å². The van der Waals surface area contributed by atoms with E-state index in [0.29, 0.717) is 13.1 Å². The molecule has 0 bridgehead atoms. The number of benzene rings is 1. The summed E-state index contributed by atoms with van der Waals surface area (Å²) in [5.74, 6) is -1.72. The number of halogens is 2.